The van der Waals surface area contributed by atoms with Crippen LogP contribution in [0.3, 0.4) is 0 Å². The van der Waals surface area contributed by atoms with E-state index in [4.69, 9.17) is 4.74 Å². The molecule has 0 radical (unpaired) electrons. The Balaban J connectivity index is 2.16. The highest BCUT2D eigenvalue weighted by Gasteiger charge is 2.22. The highest BCUT2D eigenvalue weighted by molar-refractivity contribution is 7.92. The van der Waals surface area contributed by atoms with Crippen LogP contribution in [0, 0.1) is 5.92 Å². The number of sulfone groups is 1. The molecule has 3 nitrogen and oxygen atoms in total. The molecule has 1 atom stereocenters. The molecule has 0 fully saturated rings. The van der Waals surface area contributed by atoms with Gasteiger partial charge >= 0.3 is 0 Å². The SMILES string of the molecule is CC(C)C(C)S(=O)(=O)CCCOCCc1ccccc1. The van der Waals surface area contributed by atoms with E-state index in [1.165, 1.54) is 5.56 Å². The lowest BCUT2D eigenvalue weighted by Gasteiger charge is -2.16. The van der Waals surface area contributed by atoms with Crippen LogP contribution < -0.4 is 0 Å². The van der Waals surface area contributed by atoms with Crippen molar-refractivity contribution in [2.45, 2.75) is 38.9 Å². The molecule has 0 spiro atoms. The smallest absolute Gasteiger partial charge is 0.153 e. The van der Waals surface area contributed by atoms with E-state index in [9.17, 15) is 8.42 Å². The fourth-order valence-corrected chi connectivity index (χ4v) is 3.62. The average molecular weight is 298 g/mol. The normalized spacial score (nSPS) is 13.6. The van der Waals surface area contributed by atoms with Crippen molar-refractivity contribution in [2.24, 2.45) is 5.92 Å². The van der Waals surface area contributed by atoms with Crippen LogP contribution >= 0.6 is 0 Å². The van der Waals surface area contributed by atoms with E-state index in [2.05, 4.69) is 12.1 Å². The van der Waals surface area contributed by atoms with Gasteiger partial charge in [0.05, 0.1) is 17.6 Å². The molecule has 1 unspecified atom stereocenters. The van der Waals surface area contributed by atoms with E-state index < -0.39 is 9.84 Å². The van der Waals surface area contributed by atoms with Gasteiger partial charge in [0.1, 0.15) is 0 Å². The Labute approximate surface area is 123 Å². The van der Waals surface area contributed by atoms with Gasteiger partial charge in [-0.3, -0.25) is 0 Å². The van der Waals surface area contributed by atoms with Crippen LogP contribution in [0.4, 0.5) is 0 Å². The highest BCUT2D eigenvalue weighted by atomic mass is 32.2. The van der Waals surface area contributed by atoms with Crippen molar-refractivity contribution in [1.82, 2.24) is 0 Å². The van der Waals surface area contributed by atoms with Crippen LogP contribution in [0.25, 0.3) is 0 Å². The Bertz CT molecular complexity index is 466. The maximum Gasteiger partial charge on any atom is 0.153 e. The maximum absolute atomic E-state index is 12.0. The summed E-state index contributed by atoms with van der Waals surface area (Å²) in [5.74, 6) is 0.386. The van der Waals surface area contributed by atoms with Crippen molar-refractivity contribution in [2.75, 3.05) is 19.0 Å². The molecule has 0 saturated heterocycles. The molecule has 1 aromatic rings. The van der Waals surface area contributed by atoms with Crippen molar-refractivity contribution in [3.8, 4) is 0 Å². The van der Waals surface area contributed by atoms with E-state index in [1.807, 2.05) is 32.0 Å². The average Bonchev–Trinajstić information content (AvgIpc) is 2.42. The van der Waals surface area contributed by atoms with Gasteiger partial charge in [-0.1, -0.05) is 44.2 Å². The Kier molecular flexibility index (Phi) is 7.24. The summed E-state index contributed by atoms with van der Waals surface area (Å²) < 4.78 is 29.4. The number of benzene rings is 1. The molecule has 1 rings (SSSR count). The first kappa shape index (κ1) is 17.2. The zero-order valence-electron chi connectivity index (χ0n) is 12.7. The van der Waals surface area contributed by atoms with E-state index in [0.717, 1.165) is 6.42 Å². The molecule has 114 valence electrons. The molecule has 0 heterocycles. The topological polar surface area (TPSA) is 43.4 Å². The zero-order chi connectivity index (χ0) is 15.0. The van der Waals surface area contributed by atoms with E-state index in [-0.39, 0.29) is 16.9 Å². The van der Waals surface area contributed by atoms with Crippen molar-refractivity contribution in [3.63, 3.8) is 0 Å². The molecular weight excluding hydrogens is 272 g/mol. The summed E-state index contributed by atoms with van der Waals surface area (Å²) in [5, 5.41) is -0.271. The standard InChI is InChI=1S/C16H26O3S/c1-14(2)15(3)20(17,18)13-7-11-19-12-10-16-8-5-4-6-9-16/h4-6,8-9,14-15H,7,10-13H2,1-3H3. The molecule has 0 aromatic heterocycles. The van der Waals surface area contributed by atoms with Gasteiger partial charge in [0, 0.05) is 6.61 Å². The van der Waals surface area contributed by atoms with Crippen LogP contribution in [0.2, 0.25) is 0 Å². The molecule has 0 N–H and O–H groups in total. The monoisotopic (exact) mass is 298 g/mol. The molecule has 0 amide bonds. The third-order valence-corrected chi connectivity index (χ3v) is 6.14. The predicted octanol–water partition coefficient (Wildman–Crippen LogP) is 3.10. The summed E-state index contributed by atoms with van der Waals surface area (Å²) in [6.07, 6.45) is 1.45. The van der Waals surface area contributed by atoms with Gasteiger partial charge < -0.3 is 4.74 Å². The molecule has 0 aliphatic carbocycles. The summed E-state index contributed by atoms with van der Waals surface area (Å²) in [4.78, 5) is 0. The van der Waals surface area contributed by atoms with Crippen LogP contribution in [-0.2, 0) is 21.0 Å². The van der Waals surface area contributed by atoms with Crippen molar-refractivity contribution in [3.05, 3.63) is 35.9 Å². The number of hydrogen-bond donors (Lipinski definition) is 0. The zero-order valence-corrected chi connectivity index (χ0v) is 13.5. The number of hydrogen-bond acceptors (Lipinski definition) is 3. The summed E-state index contributed by atoms with van der Waals surface area (Å²) in [7, 11) is -2.98. The van der Waals surface area contributed by atoms with E-state index in [0.29, 0.717) is 19.6 Å². The third-order valence-electron chi connectivity index (χ3n) is 3.60. The minimum Gasteiger partial charge on any atom is -0.381 e. The van der Waals surface area contributed by atoms with Gasteiger partial charge in [-0.05, 0) is 31.2 Å². The van der Waals surface area contributed by atoms with Crippen LogP contribution in [0.15, 0.2) is 30.3 Å². The molecule has 0 bridgehead atoms. The van der Waals surface area contributed by atoms with E-state index >= 15 is 0 Å². The Hall–Kier alpha value is -0.870. The first-order valence-electron chi connectivity index (χ1n) is 7.26. The lowest BCUT2D eigenvalue weighted by Crippen LogP contribution is -2.26. The Morgan fingerprint density at radius 1 is 1.05 bits per heavy atom. The maximum atomic E-state index is 12.0. The number of rotatable bonds is 9. The molecule has 0 aliphatic heterocycles. The van der Waals surface area contributed by atoms with Gasteiger partial charge in [-0.25, -0.2) is 8.42 Å². The summed E-state index contributed by atoms with van der Waals surface area (Å²) in [6, 6.07) is 10.1. The van der Waals surface area contributed by atoms with Gasteiger partial charge in [0.15, 0.2) is 9.84 Å². The van der Waals surface area contributed by atoms with Crippen molar-refractivity contribution >= 4 is 9.84 Å². The van der Waals surface area contributed by atoms with Crippen molar-refractivity contribution < 1.29 is 13.2 Å². The molecule has 4 heteroatoms. The quantitative estimate of drug-likeness (QED) is 0.658. The fraction of sp³-hybridized carbons (Fsp3) is 0.625. The minimum absolute atomic E-state index is 0.166. The summed E-state index contributed by atoms with van der Waals surface area (Å²) in [5.41, 5.74) is 1.24. The lowest BCUT2D eigenvalue weighted by molar-refractivity contribution is 0.138. The van der Waals surface area contributed by atoms with Gasteiger partial charge in [0.25, 0.3) is 0 Å². The Morgan fingerprint density at radius 2 is 1.70 bits per heavy atom. The van der Waals surface area contributed by atoms with Gasteiger partial charge in [-0.15, -0.1) is 0 Å². The fourth-order valence-electron chi connectivity index (χ4n) is 1.90. The second-order valence-electron chi connectivity index (χ2n) is 5.52. The molecule has 1 aromatic carbocycles. The predicted molar refractivity (Wildman–Crippen MR) is 83.7 cm³/mol. The Morgan fingerprint density at radius 3 is 2.30 bits per heavy atom. The molecular formula is C16H26O3S. The first-order valence-corrected chi connectivity index (χ1v) is 8.98. The van der Waals surface area contributed by atoms with E-state index in [1.54, 1.807) is 6.92 Å². The van der Waals surface area contributed by atoms with Crippen LogP contribution in [0.5, 0.6) is 0 Å². The number of ether oxygens (including phenoxy) is 1. The molecule has 0 aliphatic rings. The van der Waals surface area contributed by atoms with Gasteiger partial charge in [0.2, 0.25) is 0 Å². The highest BCUT2D eigenvalue weighted by Crippen LogP contribution is 2.13. The molecule has 0 saturated carbocycles. The van der Waals surface area contributed by atoms with Gasteiger partial charge in [-0.2, -0.15) is 0 Å². The lowest BCUT2D eigenvalue weighted by atomic mass is 10.2. The summed E-state index contributed by atoms with van der Waals surface area (Å²) in [6.45, 7) is 6.83. The second kappa shape index (κ2) is 8.42. The largest absolute Gasteiger partial charge is 0.381 e. The second-order valence-corrected chi connectivity index (χ2v) is 8.00. The minimum atomic E-state index is -2.98. The first-order chi connectivity index (χ1) is 9.43. The van der Waals surface area contributed by atoms with Crippen molar-refractivity contribution in [1.29, 1.82) is 0 Å². The summed E-state index contributed by atoms with van der Waals surface area (Å²) >= 11 is 0. The molecule has 20 heavy (non-hydrogen) atoms. The van der Waals surface area contributed by atoms with Crippen LogP contribution in [0.1, 0.15) is 32.8 Å². The van der Waals surface area contributed by atoms with Crippen LogP contribution in [-0.4, -0.2) is 32.6 Å². The third kappa shape index (κ3) is 6.06.